The maximum absolute atomic E-state index is 16.5. The summed E-state index contributed by atoms with van der Waals surface area (Å²) in [5.41, 5.74) is -4.46. The van der Waals surface area contributed by atoms with Gasteiger partial charge < -0.3 is 19.6 Å². The topological polar surface area (TPSA) is 146 Å². The summed E-state index contributed by atoms with van der Waals surface area (Å²) >= 11 is 1.96. The molecule has 3 aliphatic rings. The lowest BCUT2D eigenvalue weighted by molar-refractivity contribution is -0.146. The average Bonchev–Trinajstić information content (AvgIpc) is 3.99. The van der Waals surface area contributed by atoms with Crippen molar-refractivity contribution in [3.63, 3.8) is 0 Å². The molecule has 0 bridgehead atoms. The molecule has 322 valence electrons. The molecule has 3 aliphatic heterocycles. The Morgan fingerprint density at radius 1 is 0.951 bits per heavy atom. The fourth-order valence-corrected chi connectivity index (χ4v) is 11.7. The summed E-state index contributed by atoms with van der Waals surface area (Å²) in [6, 6.07) is 22.9. The Hall–Kier alpha value is -4.61. The second-order valence-corrected chi connectivity index (χ2v) is 21.0. The molecular formula is C45H49F2N4O7PS2. The third-order valence-electron chi connectivity index (χ3n) is 11.5. The summed E-state index contributed by atoms with van der Waals surface area (Å²) in [7, 11) is -5.26. The third-order valence-corrected chi connectivity index (χ3v) is 15.8. The van der Waals surface area contributed by atoms with Crippen LogP contribution in [0, 0.1) is 22.7 Å². The van der Waals surface area contributed by atoms with Gasteiger partial charge in [-0.15, -0.1) is 11.3 Å². The lowest BCUT2D eigenvalue weighted by atomic mass is 9.90. The van der Waals surface area contributed by atoms with E-state index in [1.807, 2.05) is 30.3 Å². The van der Waals surface area contributed by atoms with E-state index >= 15 is 8.78 Å². The fourth-order valence-electron chi connectivity index (χ4n) is 8.29. The van der Waals surface area contributed by atoms with Crippen molar-refractivity contribution >= 4 is 63.6 Å². The number of benzene rings is 3. The highest BCUT2D eigenvalue weighted by atomic mass is 32.2. The SMILES string of the molecule is CC(C)(C)C(=O)SCCOP(=O)(Oc1ccccc1)C(F)(F)c1ccc2sc(C(=O)N[C@H]3CCCC[C@H]4CC[C@@H](C(=O)N5C[C@H](c6ccccc6)[C@@H](C#N)C5)N4C3=O)cc2c1. The molecule has 1 N–H and O–H groups in total. The average molecular weight is 891 g/mol. The number of carbonyl (C=O) groups is 4. The Kier molecular flexibility index (Phi) is 13.4. The van der Waals surface area contributed by atoms with Crippen LogP contribution in [0.4, 0.5) is 8.78 Å². The van der Waals surface area contributed by atoms with Gasteiger partial charge in [-0.05, 0) is 67.0 Å². The summed E-state index contributed by atoms with van der Waals surface area (Å²) in [6.45, 7) is 5.42. The van der Waals surface area contributed by atoms with Gasteiger partial charge in [0.15, 0.2) is 5.12 Å². The van der Waals surface area contributed by atoms with Crippen molar-refractivity contribution in [1.29, 1.82) is 5.26 Å². The second-order valence-electron chi connectivity index (χ2n) is 16.8. The lowest BCUT2D eigenvalue weighted by Gasteiger charge is -2.36. The minimum Gasteiger partial charge on any atom is -0.420 e. The quantitative estimate of drug-likeness (QED) is 0.109. The van der Waals surface area contributed by atoms with Gasteiger partial charge in [0.2, 0.25) is 11.8 Å². The molecule has 3 aromatic carbocycles. The molecule has 1 unspecified atom stereocenters. The van der Waals surface area contributed by atoms with Gasteiger partial charge in [-0.25, -0.2) is 4.57 Å². The van der Waals surface area contributed by atoms with Gasteiger partial charge in [-0.1, -0.05) is 100.0 Å². The van der Waals surface area contributed by atoms with Crippen LogP contribution in [0.15, 0.2) is 84.9 Å². The molecular weight excluding hydrogens is 842 g/mol. The van der Waals surface area contributed by atoms with Gasteiger partial charge >= 0.3 is 13.3 Å². The number of rotatable bonds is 12. The van der Waals surface area contributed by atoms with E-state index in [0.29, 0.717) is 36.9 Å². The van der Waals surface area contributed by atoms with Crippen LogP contribution < -0.4 is 9.84 Å². The van der Waals surface area contributed by atoms with Crippen LogP contribution >= 0.6 is 30.7 Å². The van der Waals surface area contributed by atoms with Crippen LogP contribution in [0.1, 0.15) is 86.0 Å². The number of para-hydroxylation sites is 1. The van der Waals surface area contributed by atoms with E-state index in [1.165, 1.54) is 24.3 Å². The highest BCUT2D eigenvalue weighted by Crippen LogP contribution is 2.66. The lowest BCUT2D eigenvalue weighted by Crippen LogP contribution is -2.56. The number of thioether (sulfide) groups is 1. The Labute approximate surface area is 362 Å². The van der Waals surface area contributed by atoms with Crippen molar-refractivity contribution in [1.82, 2.24) is 15.1 Å². The molecule has 1 aromatic heterocycles. The standard InChI is InChI=1S/C45H49F2N4O7PS2/c1-44(2,3)43(55)60-23-22-57-59(56,58-34-15-8-5-9-16-34)45(46,47)32-18-21-38-30(24-32)25-39(61-38)40(52)49-36-17-11-10-14-33-19-20-37(51(33)41(36)53)42(54)50-27-31(26-48)35(28-50)29-12-6-4-7-13-29/h4-9,12-13,15-16,18,21,24-25,31,33,35-37H,10-11,14,17,19-20,22-23,27-28H2,1-3H3,(H,49,52)/t31-,33-,35+,36-,37-,59?/m0/s1. The van der Waals surface area contributed by atoms with Crippen molar-refractivity contribution < 1.29 is 41.6 Å². The minimum atomic E-state index is -5.26. The molecule has 0 spiro atoms. The van der Waals surface area contributed by atoms with Crippen LogP contribution in [-0.4, -0.2) is 76.2 Å². The number of halogens is 2. The maximum atomic E-state index is 16.5. The van der Waals surface area contributed by atoms with E-state index in [9.17, 15) is 29.0 Å². The number of hydrogen-bond acceptors (Lipinski definition) is 10. The zero-order valence-corrected chi connectivity index (χ0v) is 36.8. The van der Waals surface area contributed by atoms with E-state index < -0.39 is 48.8 Å². The molecule has 4 heterocycles. The van der Waals surface area contributed by atoms with Crippen molar-refractivity contribution in [2.75, 3.05) is 25.4 Å². The van der Waals surface area contributed by atoms with E-state index in [-0.39, 0.29) is 63.1 Å². The van der Waals surface area contributed by atoms with Crippen LogP contribution in [-0.2, 0) is 29.1 Å². The molecule has 0 saturated carbocycles. The molecule has 11 nitrogen and oxygen atoms in total. The molecule has 4 aromatic rings. The van der Waals surface area contributed by atoms with Gasteiger partial charge in [0.1, 0.15) is 17.8 Å². The Morgan fingerprint density at radius 3 is 2.36 bits per heavy atom. The van der Waals surface area contributed by atoms with Crippen LogP contribution in [0.25, 0.3) is 10.1 Å². The van der Waals surface area contributed by atoms with Gasteiger partial charge in [0.05, 0.1) is 23.5 Å². The molecule has 3 fully saturated rings. The first kappa shape index (κ1) is 44.4. The highest BCUT2D eigenvalue weighted by molar-refractivity contribution is 8.13. The normalized spacial score (nSPS) is 23.1. The van der Waals surface area contributed by atoms with E-state index in [0.717, 1.165) is 53.6 Å². The number of nitrogens with one attached hydrogen (secondary N) is 1. The molecule has 61 heavy (non-hydrogen) atoms. The van der Waals surface area contributed by atoms with Crippen LogP contribution in [0.2, 0.25) is 0 Å². The molecule has 0 aliphatic carbocycles. The molecule has 16 heteroatoms. The third kappa shape index (κ3) is 9.58. The summed E-state index contributed by atoms with van der Waals surface area (Å²) in [6.07, 6.45) is 3.77. The van der Waals surface area contributed by atoms with E-state index in [2.05, 4.69) is 11.4 Å². The number of hydrogen-bond donors (Lipinski definition) is 1. The zero-order chi connectivity index (χ0) is 43.5. The highest BCUT2D eigenvalue weighted by Gasteiger charge is 2.57. The predicted molar refractivity (Wildman–Crippen MR) is 232 cm³/mol. The number of nitriles is 1. The predicted octanol–water partition coefficient (Wildman–Crippen LogP) is 9.34. The van der Waals surface area contributed by atoms with E-state index in [1.54, 1.807) is 48.8 Å². The monoisotopic (exact) mass is 890 g/mol. The van der Waals surface area contributed by atoms with Gasteiger partial charge in [0, 0.05) is 46.5 Å². The van der Waals surface area contributed by atoms with Gasteiger partial charge in [0.25, 0.3) is 5.91 Å². The zero-order valence-electron chi connectivity index (χ0n) is 34.3. The molecule has 3 amide bonds. The van der Waals surface area contributed by atoms with Gasteiger partial charge in [-0.2, -0.15) is 14.0 Å². The number of thiophene rings is 1. The summed E-state index contributed by atoms with van der Waals surface area (Å²) in [4.78, 5) is 58.3. The molecule has 3 saturated heterocycles. The van der Waals surface area contributed by atoms with Crippen molar-refractivity contribution in [2.24, 2.45) is 11.3 Å². The van der Waals surface area contributed by atoms with Crippen molar-refractivity contribution in [3.05, 3.63) is 101 Å². The minimum absolute atomic E-state index is 0.0222. The van der Waals surface area contributed by atoms with Gasteiger partial charge in [-0.3, -0.25) is 23.7 Å². The smallest absolute Gasteiger partial charge is 0.420 e. The molecule has 0 radical (unpaired) electrons. The maximum Gasteiger partial charge on any atom is 0.453 e. The number of carbonyl (C=O) groups excluding carboxylic acids is 4. The van der Waals surface area contributed by atoms with Crippen LogP contribution in [0.5, 0.6) is 5.75 Å². The van der Waals surface area contributed by atoms with E-state index in [4.69, 9.17) is 9.05 Å². The van der Waals surface area contributed by atoms with Crippen LogP contribution in [0.3, 0.4) is 0 Å². The Bertz CT molecular complexity index is 2350. The second kappa shape index (κ2) is 18.4. The van der Waals surface area contributed by atoms with Crippen molar-refractivity contribution in [3.8, 4) is 11.8 Å². The number of amides is 3. The summed E-state index contributed by atoms with van der Waals surface area (Å²) in [5.74, 6) is -1.68. The number of alkyl halides is 2. The Balaban J connectivity index is 1.06. The number of nitrogens with zero attached hydrogens (tertiary/aromatic N) is 3. The first-order valence-electron chi connectivity index (χ1n) is 20.5. The summed E-state index contributed by atoms with van der Waals surface area (Å²) in [5, 5.41) is 13.0. The first-order valence-corrected chi connectivity index (χ1v) is 23.9. The number of fused-ring (bicyclic) bond motifs is 2. The largest absolute Gasteiger partial charge is 0.453 e. The molecule has 6 atom stereocenters. The molecule has 7 rings (SSSR count). The fraction of sp³-hybridized carbons (Fsp3) is 0.444. The van der Waals surface area contributed by atoms with Crippen molar-refractivity contribution in [2.45, 2.75) is 89.0 Å². The first-order chi connectivity index (χ1) is 29.1. The Morgan fingerprint density at radius 2 is 1.66 bits per heavy atom. The summed E-state index contributed by atoms with van der Waals surface area (Å²) < 4.78 is 58.3. The number of likely N-dealkylation sites (tertiary alicyclic amines) is 1.